The van der Waals surface area contributed by atoms with Crippen molar-refractivity contribution < 1.29 is 18.7 Å². The van der Waals surface area contributed by atoms with Crippen molar-refractivity contribution in [1.82, 2.24) is 15.2 Å². The molecule has 1 aliphatic heterocycles. The summed E-state index contributed by atoms with van der Waals surface area (Å²) in [6.07, 6.45) is 1.97. The van der Waals surface area contributed by atoms with E-state index in [1.807, 2.05) is 72.5 Å². The molecule has 0 aliphatic carbocycles. The molecule has 0 radical (unpaired) electrons. The van der Waals surface area contributed by atoms with Gasteiger partial charge in [-0.25, -0.2) is 4.79 Å². The fourth-order valence-electron chi connectivity index (χ4n) is 4.69. The summed E-state index contributed by atoms with van der Waals surface area (Å²) in [7, 11) is 1.35. The Kier molecular flexibility index (Phi) is 7.69. The molecule has 8 nitrogen and oxygen atoms in total. The second-order valence-electron chi connectivity index (χ2n) is 9.21. The molecule has 0 saturated carbocycles. The zero-order chi connectivity index (χ0) is 27.4. The molecular weight excluding hydrogens is 512 g/mol. The van der Waals surface area contributed by atoms with Gasteiger partial charge in [0.1, 0.15) is 17.6 Å². The number of benzene rings is 2. The molecule has 2 aromatic heterocycles. The smallest absolute Gasteiger partial charge is 0.337 e. The Morgan fingerprint density at radius 2 is 1.90 bits per heavy atom. The maximum Gasteiger partial charge on any atom is 0.337 e. The quantitative estimate of drug-likeness (QED) is 0.225. The molecule has 5 rings (SSSR count). The summed E-state index contributed by atoms with van der Waals surface area (Å²) in [5, 5.41) is 6.88. The van der Waals surface area contributed by atoms with Crippen molar-refractivity contribution in [3.05, 3.63) is 108 Å². The Morgan fingerprint density at radius 1 is 1.08 bits per heavy atom. The highest BCUT2D eigenvalue weighted by molar-refractivity contribution is 7.80. The van der Waals surface area contributed by atoms with Crippen LogP contribution in [0.1, 0.15) is 45.9 Å². The number of furan rings is 1. The zero-order valence-electron chi connectivity index (χ0n) is 21.6. The van der Waals surface area contributed by atoms with Crippen LogP contribution in [-0.2, 0) is 9.53 Å². The summed E-state index contributed by atoms with van der Waals surface area (Å²) < 4.78 is 11.2. The van der Waals surface area contributed by atoms with Gasteiger partial charge >= 0.3 is 5.97 Å². The highest BCUT2D eigenvalue weighted by atomic mass is 32.1. The molecule has 2 atom stereocenters. The lowest BCUT2D eigenvalue weighted by Crippen LogP contribution is -2.32. The predicted octanol–water partition coefficient (Wildman–Crippen LogP) is 5.44. The standard InChI is InChI=1S/C30H28N4O4S/c1-19-8-3-4-11-22(19)32-26(35)15-17-34-28(27(33-30(34)39)23-12-5-6-16-31-23)25-14-13-24(38-25)20-9-7-10-21(18-20)29(36)37-2/h3-14,16,18,27-28H,15,17H2,1-2H3,(H,32,35)(H,33,39)/t27-,28+/m0/s1. The maximum atomic E-state index is 12.8. The van der Waals surface area contributed by atoms with Gasteiger partial charge in [0.15, 0.2) is 5.11 Å². The van der Waals surface area contributed by atoms with E-state index >= 15 is 0 Å². The van der Waals surface area contributed by atoms with E-state index in [4.69, 9.17) is 21.4 Å². The molecular formula is C30H28N4O4S. The molecule has 0 bridgehead atoms. The van der Waals surface area contributed by atoms with E-state index in [0.29, 0.717) is 28.7 Å². The van der Waals surface area contributed by atoms with Gasteiger partial charge in [0.05, 0.1) is 24.4 Å². The molecule has 0 spiro atoms. The lowest BCUT2D eigenvalue weighted by Gasteiger charge is -2.26. The number of thiocarbonyl (C=S) groups is 1. The molecule has 39 heavy (non-hydrogen) atoms. The first-order valence-electron chi connectivity index (χ1n) is 12.6. The molecule has 1 fully saturated rings. The Balaban J connectivity index is 1.41. The van der Waals surface area contributed by atoms with E-state index in [1.165, 1.54) is 7.11 Å². The number of aryl methyl sites for hydroxylation is 1. The first-order chi connectivity index (χ1) is 18.9. The van der Waals surface area contributed by atoms with Gasteiger partial charge in [-0.2, -0.15) is 0 Å². The van der Waals surface area contributed by atoms with E-state index in [0.717, 1.165) is 22.5 Å². The van der Waals surface area contributed by atoms with Crippen molar-refractivity contribution in [2.75, 3.05) is 19.0 Å². The number of para-hydroxylation sites is 1. The van der Waals surface area contributed by atoms with Crippen LogP contribution in [0.25, 0.3) is 11.3 Å². The van der Waals surface area contributed by atoms with Crippen LogP contribution in [0.15, 0.2) is 89.5 Å². The molecule has 198 valence electrons. The third-order valence-electron chi connectivity index (χ3n) is 6.68. The second kappa shape index (κ2) is 11.5. The number of nitrogens with one attached hydrogen (secondary N) is 2. The molecule has 1 amide bonds. The third-order valence-corrected chi connectivity index (χ3v) is 7.04. The highest BCUT2D eigenvalue weighted by Crippen LogP contribution is 2.40. The molecule has 3 heterocycles. The van der Waals surface area contributed by atoms with Gasteiger partial charge in [-0.05, 0) is 67.2 Å². The molecule has 1 aliphatic rings. The van der Waals surface area contributed by atoms with Gasteiger partial charge in [-0.15, -0.1) is 0 Å². The summed E-state index contributed by atoms with van der Waals surface area (Å²) >= 11 is 5.72. The van der Waals surface area contributed by atoms with Gasteiger partial charge in [0.25, 0.3) is 0 Å². The van der Waals surface area contributed by atoms with Crippen LogP contribution in [-0.4, -0.2) is 40.5 Å². The van der Waals surface area contributed by atoms with E-state index in [-0.39, 0.29) is 24.4 Å². The van der Waals surface area contributed by atoms with Crippen LogP contribution in [0.3, 0.4) is 0 Å². The number of amides is 1. The van der Waals surface area contributed by atoms with Crippen LogP contribution >= 0.6 is 12.2 Å². The van der Waals surface area contributed by atoms with E-state index in [1.54, 1.807) is 24.4 Å². The summed E-state index contributed by atoms with van der Waals surface area (Å²) in [4.78, 5) is 31.4. The normalized spacial score (nSPS) is 16.6. The molecule has 2 aromatic carbocycles. The maximum absolute atomic E-state index is 12.8. The third kappa shape index (κ3) is 5.68. The lowest BCUT2D eigenvalue weighted by molar-refractivity contribution is -0.116. The Bertz CT molecular complexity index is 1500. The number of methoxy groups -OCH3 is 1. The minimum Gasteiger partial charge on any atom is -0.465 e. The minimum absolute atomic E-state index is 0.105. The fraction of sp³-hybridized carbons (Fsp3) is 0.200. The fourth-order valence-corrected chi connectivity index (χ4v) is 5.02. The Morgan fingerprint density at radius 3 is 2.67 bits per heavy atom. The summed E-state index contributed by atoms with van der Waals surface area (Å²) in [6.45, 7) is 2.34. The summed E-state index contributed by atoms with van der Waals surface area (Å²) in [5.74, 6) is 0.743. The number of rotatable bonds is 8. The van der Waals surface area contributed by atoms with Crippen molar-refractivity contribution in [3.8, 4) is 11.3 Å². The molecule has 2 N–H and O–H groups in total. The number of carbonyl (C=O) groups is 2. The summed E-state index contributed by atoms with van der Waals surface area (Å²) in [5.41, 5.74) is 3.77. The van der Waals surface area contributed by atoms with Gasteiger partial charge in [0, 0.05) is 30.4 Å². The number of hydrogen-bond acceptors (Lipinski definition) is 6. The first-order valence-corrected chi connectivity index (χ1v) is 13.0. The highest BCUT2D eigenvalue weighted by Gasteiger charge is 2.41. The molecule has 4 aromatic rings. The van der Waals surface area contributed by atoms with Crippen LogP contribution in [0.2, 0.25) is 0 Å². The van der Waals surface area contributed by atoms with E-state index in [9.17, 15) is 9.59 Å². The Labute approximate surface area is 232 Å². The number of nitrogens with zero attached hydrogens (tertiary/aromatic N) is 2. The number of esters is 1. The lowest BCUT2D eigenvalue weighted by atomic mass is 10.0. The predicted molar refractivity (Wildman–Crippen MR) is 152 cm³/mol. The van der Waals surface area contributed by atoms with Crippen LogP contribution in [0.5, 0.6) is 0 Å². The van der Waals surface area contributed by atoms with Gasteiger partial charge in [0.2, 0.25) is 5.91 Å². The average Bonchev–Trinajstić information content (AvgIpc) is 3.58. The van der Waals surface area contributed by atoms with Gasteiger partial charge in [-0.3, -0.25) is 9.78 Å². The monoisotopic (exact) mass is 540 g/mol. The number of anilines is 1. The zero-order valence-corrected chi connectivity index (χ0v) is 22.4. The van der Waals surface area contributed by atoms with Crippen molar-refractivity contribution in [2.24, 2.45) is 0 Å². The number of ether oxygens (including phenoxy) is 1. The first kappa shape index (κ1) is 26.1. The van der Waals surface area contributed by atoms with Gasteiger partial charge in [-0.1, -0.05) is 36.4 Å². The number of hydrogen-bond donors (Lipinski definition) is 2. The van der Waals surface area contributed by atoms with Crippen molar-refractivity contribution in [3.63, 3.8) is 0 Å². The van der Waals surface area contributed by atoms with E-state index < -0.39 is 5.97 Å². The largest absolute Gasteiger partial charge is 0.465 e. The van der Waals surface area contributed by atoms with Crippen LogP contribution in [0.4, 0.5) is 5.69 Å². The average molecular weight is 541 g/mol. The van der Waals surface area contributed by atoms with Crippen LogP contribution in [0, 0.1) is 6.92 Å². The minimum atomic E-state index is -0.417. The molecule has 0 unspecified atom stereocenters. The number of aromatic nitrogens is 1. The summed E-state index contributed by atoms with van der Waals surface area (Å²) in [6, 6.07) is 23.6. The topological polar surface area (TPSA) is 96.7 Å². The second-order valence-corrected chi connectivity index (χ2v) is 9.59. The van der Waals surface area contributed by atoms with E-state index in [2.05, 4.69) is 15.6 Å². The number of carbonyl (C=O) groups excluding carboxylic acids is 2. The van der Waals surface area contributed by atoms with Crippen molar-refractivity contribution in [2.45, 2.75) is 25.4 Å². The molecule has 9 heteroatoms. The Hall–Kier alpha value is -4.50. The molecule has 1 saturated heterocycles. The van der Waals surface area contributed by atoms with Crippen LogP contribution < -0.4 is 10.6 Å². The number of pyridine rings is 1. The van der Waals surface area contributed by atoms with Gasteiger partial charge < -0.3 is 24.7 Å². The van der Waals surface area contributed by atoms with Crippen molar-refractivity contribution in [1.29, 1.82) is 0 Å². The van der Waals surface area contributed by atoms with Crippen molar-refractivity contribution >= 4 is 34.9 Å². The SMILES string of the molecule is COC(=O)c1cccc(-c2ccc([C@@H]3[C@H](c4ccccn4)NC(=S)N3CCC(=O)Nc3ccccc3C)o2)c1.